The highest BCUT2D eigenvalue weighted by Gasteiger charge is 2.36. The molecule has 0 aliphatic rings. The van der Waals surface area contributed by atoms with Gasteiger partial charge in [-0.05, 0) is 44.2 Å². The smallest absolute Gasteiger partial charge is 0.408 e. The van der Waals surface area contributed by atoms with E-state index in [1.54, 1.807) is 45.0 Å². The maximum atomic E-state index is 13.8. The van der Waals surface area contributed by atoms with E-state index >= 15 is 0 Å². The van der Waals surface area contributed by atoms with Crippen molar-refractivity contribution in [2.24, 2.45) is 5.92 Å². The zero-order valence-corrected chi connectivity index (χ0v) is 21.7. The molecule has 0 spiro atoms. The molecule has 0 radical (unpaired) electrons. The summed E-state index contributed by atoms with van der Waals surface area (Å²) in [5.41, 5.74) is 0.721. The van der Waals surface area contributed by atoms with Gasteiger partial charge in [-0.3, -0.25) is 9.59 Å². The Hall–Kier alpha value is -3.86. The Morgan fingerprint density at radius 3 is 2.11 bits per heavy atom. The van der Waals surface area contributed by atoms with E-state index in [0.717, 1.165) is 5.56 Å². The van der Waals surface area contributed by atoms with Gasteiger partial charge in [-0.1, -0.05) is 74.5 Å². The molecule has 2 aromatic carbocycles. The van der Waals surface area contributed by atoms with Crippen molar-refractivity contribution in [2.45, 2.75) is 65.3 Å². The summed E-state index contributed by atoms with van der Waals surface area (Å²) in [5, 5.41) is 15.1. The van der Waals surface area contributed by atoms with Gasteiger partial charge in [-0.25, -0.2) is 4.79 Å². The van der Waals surface area contributed by atoms with Crippen LogP contribution in [0, 0.1) is 17.2 Å². The molecule has 0 aromatic heterocycles. The van der Waals surface area contributed by atoms with Gasteiger partial charge in [0.05, 0.1) is 6.07 Å². The maximum Gasteiger partial charge on any atom is 0.408 e. The number of nitrogens with zero attached hydrogens (tertiary/aromatic N) is 2. The Labute approximate surface area is 213 Å². The van der Waals surface area contributed by atoms with Crippen LogP contribution in [0.5, 0.6) is 0 Å². The minimum atomic E-state index is -1.06. The van der Waals surface area contributed by atoms with E-state index in [4.69, 9.17) is 4.74 Å². The Balaban J connectivity index is 2.38. The van der Waals surface area contributed by atoms with Crippen LogP contribution < -0.4 is 10.6 Å². The first kappa shape index (κ1) is 28.4. The lowest BCUT2D eigenvalue weighted by molar-refractivity contribution is -0.142. The van der Waals surface area contributed by atoms with Crippen molar-refractivity contribution in [1.82, 2.24) is 15.5 Å². The van der Waals surface area contributed by atoms with Gasteiger partial charge in [0, 0.05) is 6.54 Å². The second-order valence-electron chi connectivity index (χ2n) is 9.97. The molecule has 8 heteroatoms. The molecule has 2 unspecified atom stereocenters. The van der Waals surface area contributed by atoms with E-state index in [0.29, 0.717) is 12.0 Å². The highest BCUT2D eigenvalue weighted by molar-refractivity contribution is 5.92. The summed E-state index contributed by atoms with van der Waals surface area (Å²) < 4.78 is 5.35. The van der Waals surface area contributed by atoms with Crippen LogP contribution in [-0.2, 0) is 20.9 Å². The van der Waals surface area contributed by atoms with E-state index in [9.17, 15) is 19.6 Å². The molecule has 0 aliphatic carbocycles. The lowest BCUT2D eigenvalue weighted by atomic mass is 9.99. The Morgan fingerprint density at radius 1 is 1.00 bits per heavy atom. The second kappa shape index (κ2) is 13.3. The summed E-state index contributed by atoms with van der Waals surface area (Å²) in [4.78, 5) is 41.0. The fourth-order valence-corrected chi connectivity index (χ4v) is 3.71. The van der Waals surface area contributed by atoms with Crippen LogP contribution in [0.2, 0.25) is 0 Å². The van der Waals surface area contributed by atoms with E-state index < -0.39 is 35.6 Å². The van der Waals surface area contributed by atoms with Crippen LogP contribution in [0.3, 0.4) is 0 Å². The van der Waals surface area contributed by atoms with Crippen LogP contribution in [0.4, 0.5) is 4.79 Å². The van der Waals surface area contributed by atoms with Gasteiger partial charge in [0.1, 0.15) is 24.2 Å². The van der Waals surface area contributed by atoms with Gasteiger partial charge in [0.15, 0.2) is 0 Å². The number of carbonyl (C=O) groups excluding carboxylic acids is 3. The summed E-state index contributed by atoms with van der Waals surface area (Å²) >= 11 is 0. The third kappa shape index (κ3) is 9.06. The summed E-state index contributed by atoms with van der Waals surface area (Å²) in [6.07, 6.45) is -0.421. The third-order valence-corrected chi connectivity index (χ3v) is 5.21. The molecular weight excluding hydrogens is 456 g/mol. The number of ether oxygens (including phenoxy) is 1. The SMILES string of the molecule is CC(C)CC(NC(=O)OC(C)(C)C)C(=O)N(CC#N)C(C(=O)NCc1ccccc1)c1ccccc1. The highest BCUT2D eigenvalue weighted by atomic mass is 16.6. The number of carbonyl (C=O) groups is 3. The molecule has 0 heterocycles. The predicted octanol–water partition coefficient (Wildman–Crippen LogP) is 4.34. The summed E-state index contributed by atoms with van der Waals surface area (Å²) in [5.74, 6) is -0.894. The Bertz CT molecular complexity index is 1040. The second-order valence-corrected chi connectivity index (χ2v) is 9.97. The van der Waals surface area contributed by atoms with Crippen LogP contribution >= 0.6 is 0 Å². The molecule has 192 valence electrons. The normalized spacial score (nSPS) is 12.7. The van der Waals surface area contributed by atoms with Gasteiger partial charge in [-0.15, -0.1) is 0 Å². The van der Waals surface area contributed by atoms with Crippen molar-refractivity contribution < 1.29 is 19.1 Å². The first-order chi connectivity index (χ1) is 17.0. The average Bonchev–Trinajstić information content (AvgIpc) is 2.81. The van der Waals surface area contributed by atoms with Crippen LogP contribution in [0.25, 0.3) is 0 Å². The van der Waals surface area contributed by atoms with Crippen molar-refractivity contribution in [3.05, 3.63) is 71.8 Å². The number of hydrogen-bond donors (Lipinski definition) is 2. The minimum absolute atomic E-state index is 0.0555. The van der Waals surface area contributed by atoms with Crippen LogP contribution in [-0.4, -0.2) is 41.0 Å². The van der Waals surface area contributed by atoms with Gasteiger partial charge in [0.25, 0.3) is 0 Å². The van der Waals surface area contributed by atoms with Crippen molar-refractivity contribution in [2.75, 3.05) is 6.54 Å². The molecule has 36 heavy (non-hydrogen) atoms. The number of hydrogen-bond acceptors (Lipinski definition) is 5. The minimum Gasteiger partial charge on any atom is -0.444 e. The van der Waals surface area contributed by atoms with E-state index in [-0.39, 0.29) is 19.0 Å². The highest BCUT2D eigenvalue weighted by Crippen LogP contribution is 2.24. The first-order valence-electron chi connectivity index (χ1n) is 12.1. The molecule has 0 saturated carbocycles. The summed E-state index contributed by atoms with van der Waals surface area (Å²) in [7, 11) is 0. The molecule has 2 aromatic rings. The monoisotopic (exact) mass is 492 g/mol. The molecule has 2 N–H and O–H groups in total. The van der Waals surface area contributed by atoms with E-state index in [2.05, 4.69) is 10.6 Å². The van der Waals surface area contributed by atoms with Gasteiger partial charge >= 0.3 is 6.09 Å². The molecule has 8 nitrogen and oxygen atoms in total. The average molecular weight is 493 g/mol. The number of nitrogens with one attached hydrogen (secondary N) is 2. The van der Waals surface area contributed by atoms with Crippen molar-refractivity contribution >= 4 is 17.9 Å². The first-order valence-corrected chi connectivity index (χ1v) is 12.1. The summed E-state index contributed by atoms with van der Waals surface area (Å²) in [6, 6.07) is 18.2. The topological polar surface area (TPSA) is 112 Å². The largest absolute Gasteiger partial charge is 0.444 e. The molecule has 2 rings (SSSR count). The molecular formula is C28H36N4O4. The predicted molar refractivity (Wildman–Crippen MR) is 137 cm³/mol. The lowest BCUT2D eigenvalue weighted by Crippen LogP contribution is -2.53. The zero-order chi connectivity index (χ0) is 26.7. The summed E-state index contributed by atoms with van der Waals surface area (Å²) in [6.45, 7) is 8.98. The van der Waals surface area contributed by atoms with E-state index in [1.807, 2.05) is 56.3 Å². The molecule has 0 fully saturated rings. The van der Waals surface area contributed by atoms with Gasteiger partial charge in [-0.2, -0.15) is 5.26 Å². The fourth-order valence-electron chi connectivity index (χ4n) is 3.71. The number of nitriles is 1. The quantitative estimate of drug-likeness (QED) is 0.480. The van der Waals surface area contributed by atoms with Crippen LogP contribution in [0.1, 0.15) is 58.2 Å². The number of benzene rings is 2. The number of rotatable bonds is 10. The number of alkyl carbamates (subject to hydrolysis) is 1. The van der Waals surface area contributed by atoms with Crippen molar-refractivity contribution in [1.29, 1.82) is 5.26 Å². The standard InChI is InChI=1S/C28H36N4O4/c1-20(2)18-23(31-27(35)36-28(3,4)5)26(34)32(17-16-29)24(22-14-10-7-11-15-22)25(33)30-19-21-12-8-6-9-13-21/h6-15,20,23-24H,17-19H2,1-5H3,(H,30,33)(H,31,35). The Kier molecular flexibility index (Phi) is 10.5. The van der Waals surface area contributed by atoms with E-state index in [1.165, 1.54) is 4.90 Å². The Morgan fingerprint density at radius 2 is 1.58 bits per heavy atom. The van der Waals surface area contributed by atoms with Crippen LogP contribution in [0.15, 0.2) is 60.7 Å². The maximum absolute atomic E-state index is 13.8. The number of amides is 3. The molecule has 0 bridgehead atoms. The van der Waals surface area contributed by atoms with Gasteiger partial charge < -0.3 is 20.3 Å². The van der Waals surface area contributed by atoms with Crippen molar-refractivity contribution in [3.63, 3.8) is 0 Å². The lowest BCUT2D eigenvalue weighted by Gasteiger charge is -2.33. The zero-order valence-electron chi connectivity index (χ0n) is 21.7. The molecule has 3 amide bonds. The third-order valence-electron chi connectivity index (χ3n) is 5.21. The molecule has 0 aliphatic heterocycles. The fraction of sp³-hybridized carbons (Fsp3) is 0.429. The van der Waals surface area contributed by atoms with Gasteiger partial charge in [0.2, 0.25) is 11.8 Å². The molecule has 0 saturated heterocycles. The van der Waals surface area contributed by atoms with Crippen molar-refractivity contribution in [3.8, 4) is 6.07 Å². The molecule has 2 atom stereocenters.